The molecule has 0 bridgehead atoms. The van der Waals surface area contributed by atoms with Gasteiger partial charge in [0.05, 0.1) is 17.3 Å². The summed E-state index contributed by atoms with van der Waals surface area (Å²) in [7, 11) is 0. The number of hydrazine groups is 1. The molecule has 0 saturated carbocycles. The summed E-state index contributed by atoms with van der Waals surface area (Å²) >= 11 is 1.67. The quantitative estimate of drug-likeness (QED) is 0.564. The van der Waals surface area contributed by atoms with E-state index in [9.17, 15) is 4.79 Å². The van der Waals surface area contributed by atoms with Gasteiger partial charge in [-0.25, -0.2) is 0 Å². The number of carbonyl (C=O) groups is 1. The molecule has 4 N–H and O–H groups in total. The lowest BCUT2D eigenvalue weighted by Gasteiger charge is -2.18. The van der Waals surface area contributed by atoms with E-state index in [2.05, 4.69) is 23.7 Å². The van der Waals surface area contributed by atoms with Crippen molar-refractivity contribution in [2.45, 2.75) is 32.7 Å². The van der Waals surface area contributed by atoms with Crippen molar-refractivity contribution < 1.29 is 4.79 Å². The number of carbonyl (C=O) groups excluding carboxylic acids is 1. The van der Waals surface area contributed by atoms with E-state index in [-0.39, 0.29) is 11.9 Å². The Balaban J connectivity index is 2.19. The average molecular weight is 303 g/mol. The third-order valence-corrected chi connectivity index (χ3v) is 4.33. The van der Waals surface area contributed by atoms with Gasteiger partial charge >= 0.3 is 0 Å². The van der Waals surface area contributed by atoms with Crippen LogP contribution in [0.4, 0.5) is 5.69 Å². The third-order valence-electron chi connectivity index (χ3n) is 3.34. The first-order chi connectivity index (χ1) is 10.2. The van der Waals surface area contributed by atoms with Crippen LogP contribution in [0.15, 0.2) is 35.7 Å². The highest BCUT2D eigenvalue weighted by atomic mass is 32.1. The molecule has 1 heterocycles. The van der Waals surface area contributed by atoms with Crippen LogP contribution >= 0.6 is 11.3 Å². The molecule has 2 rings (SSSR count). The van der Waals surface area contributed by atoms with Crippen molar-refractivity contribution in [1.29, 1.82) is 0 Å². The zero-order valence-electron chi connectivity index (χ0n) is 12.3. The van der Waals surface area contributed by atoms with E-state index in [1.165, 1.54) is 4.88 Å². The number of amides is 1. The summed E-state index contributed by atoms with van der Waals surface area (Å²) in [5, 5.41) is 5.14. The molecule has 0 saturated heterocycles. The maximum atomic E-state index is 12.5. The van der Waals surface area contributed by atoms with Crippen LogP contribution in [-0.4, -0.2) is 5.91 Å². The Labute approximate surface area is 129 Å². The lowest BCUT2D eigenvalue weighted by molar-refractivity contribution is 0.0936. The highest BCUT2D eigenvalue weighted by Crippen LogP contribution is 2.25. The number of hydrogen-bond acceptors (Lipinski definition) is 4. The van der Waals surface area contributed by atoms with Gasteiger partial charge in [-0.3, -0.25) is 10.6 Å². The van der Waals surface area contributed by atoms with Crippen LogP contribution in [0.5, 0.6) is 0 Å². The second kappa shape index (κ2) is 7.24. The number of benzene rings is 1. The molecule has 0 aliphatic rings. The number of thiophene rings is 1. The number of hydrogen-bond donors (Lipinski definition) is 3. The van der Waals surface area contributed by atoms with E-state index in [4.69, 9.17) is 5.84 Å². The molecule has 21 heavy (non-hydrogen) atoms. The van der Waals surface area contributed by atoms with Crippen molar-refractivity contribution >= 4 is 22.9 Å². The van der Waals surface area contributed by atoms with Crippen LogP contribution in [0.3, 0.4) is 0 Å². The van der Waals surface area contributed by atoms with E-state index in [1.807, 2.05) is 30.5 Å². The van der Waals surface area contributed by atoms with Crippen molar-refractivity contribution in [3.8, 4) is 0 Å². The summed E-state index contributed by atoms with van der Waals surface area (Å²) in [6.07, 6.45) is 1.93. The standard InChI is InChI=1S/C16H21N3OS/c1-3-5-13(15-6-4-9-21-15)18-16(20)12-8-7-11(2)10-14(12)19-17/h4,6-10,13,19H,3,5,17H2,1-2H3,(H,18,20). The molecule has 5 heteroatoms. The molecule has 0 radical (unpaired) electrons. The van der Waals surface area contributed by atoms with Gasteiger partial charge in [-0.1, -0.05) is 25.5 Å². The molecule has 2 aromatic rings. The number of anilines is 1. The Bertz CT molecular complexity index is 596. The van der Waals surface area contributed by atoms with E-state index >= 15 is 0 Å². The van der Waals surface area contributed by atoms with Gasteiger partial charge in [0.2, 0.25) is 0 Å². The highest BCUT2D eigenvalue weighted by molar-refractivity contribution is 7.10. The first-order valence-electron chi connectivity index (χ1n) is 7.07. The largest absolute Gasteiger partial charge is 0.344 e. The average Bonchev–Trinajstić information content (AvgIpc) is 3.00. The Kier molecular flexibility index (Phi) is 5.36. The van der Waals surface area contributed by atoms with Gasteiger partial charge in [0.1, 0.15) is 0 Å². The fourth-order valence-electron chi connectivity index (χ4n) is 2.28. The fraction of sp³-hybridized carbons (Fsp3) is 0.312. The zero-order chi connectivity index (χ0) is 15.2. The van der Waals surface area contributed by atoms with Crippen LogP contribution in [0, 0.1) is 6.92 Å². The zero-order valence-corrected chi connectivity index (χ0v) is 13.2. The van der Waals surface area contributed by atoms with Crippen molar-refractivity contribution in [2.75, 3.05) is 5.43 Å². The topological polar surface area (TPSA) is 67.2 Å². The molecule has 0 aliphatic heterocycles. The molecule has 0 spiro atoms. The van der Waals surface area contributed by atoms with Crippen molar-refractivity contribution in [2.24, 2.45) is 5.84 Å². The lowest BCUT2D eigenvalue weighted by Crippen LogP contribution is -2.29. The first-order valence-corrected chi connectivity index (χ1v) is 7.95. The van der Waals surface area contributed by atoms with Gasteiger partial charge in [-0.05, 0) is 42.5 Å². The number of nitrogens with one attached hydrogen (secondary N) is 2. The maximum absolute atomic E-state index is 12.5. The minimum Gasteiger partial charge on any atom is -0.344 e. The summed E-state index contributed by atoms with van der Waals surface area (Å²) in [6.45, 7) is 4.08. The smallest absolute Gasteiger partial charge is 0.253 e. The van der Waals surface area contributed by atoms with Crippen LogP contribution in [0.25, 0.3) is 0 Å². The number of nitrogen functional groups attached to an aromatic ring is 1. The Morgan fingerprint density at radius 1 is 1.38 bits per heavy atom. The van der Waals surface area contributed by atoms with Gasteiger partial charge in [0, 0.05) is 4.88 Å². The second-order valence-electron chi connectivity index (χ2n) is 5.02. The summed E-state index contributed by atoms with van der Waals surface area (Å²) in [5.74, 6) is 5.41. The predicted molar refractivity (Wildman–Crippen MR) is 88.4 cm³/mol. The third kappa shape index (κ3) is 3.83. The van der Waals surface area contributed by atoms with E-state index < -0.39 is 0 Å². The molecular weight excluding hydrogens is 282 g/mol. The monoisotopic (exact) mass is 303 g/mol. The molecule has 1 unspecified atom stereocenters. The summed E-state index contributed by atoms with van der Waals surface area (Å²) in [4.78, 5) is 13.7. The maximum Gasteiger partial charge on any atom is 0.253 e. The molecule has 0 aliphatic carbocycles. The lowest BCUT2D eigenvalue weighted by atomic mass is 10.1. The van der Waals surface area contributed by atoms with Gasteiger partial charge < -0.3 is 10.7 Å². The molecule has 0 fully saturated rings. The molecule has 112 valence electrons. The molecule has 1 amide bonds. The number of nitrogens with two attached hydrogens (primary N) is 1. The normalized spacial score (nSPS) is 12.0. The highest BCUT2D eigenvalue weighted by Gasteiger charge is 2.18. The van der Waals surface area contributed by atoms with Crippen molar-refractivity contribution in [3.63, 3.8) is 0 Å². The predicted octanol–water partition coefficient (Wildman–Crippen LogP) is 3.61. The summed E-state index contributed by atoms with van der Waals surface area (Å²) in [5.41, 5.74) is 4.87. The number of rotatable bonds is 6. The minimum atomic E-state index is -0.102. The Hall–Kier alpha value is -1.85. The molecular formula is C16H21N3OS. The molecule has 1 atom stereocenters. The summed E-state index contributed by atoms with van der Waals surface area (Å²) in [6, 6.07) is 9.70. The number of aryl methyl sites for hydroxylation is 1. The summed E-state index contributed by atoms with van der Waals surface area (Å²) < 4.78 is 0. The van der Waals surface area contributed by atoms with Crippen LogP contribution in [-0.2, 0) is 0 Å². The van der Waals surface area contributed by atoms with Gasteiger partial charge in [0.25, 0.3) is 5.91 Å². The van der Waals surface area contributed by atoms with E-state index in [0.29, 0.717) is 11.3 Å². The minimum absolute atomic E-state index is 0.0504. The van der Waals surface area contributed by atoms with Crippen LogP contribution < -0.4 is 16.6 Å². The molecule has 1 aromatic heterocycles. The van der Waals surface area contributed by atoms with Crippen molar-refractivity contribution in [1.82, 2.24) is 5.32 Å². The Morgan fingerprint density at radius 3 is 2.81 bits per heavy atom. The molecule has 1 aromatic carbocycles. The van der Waals surface area contributed by atoms with Gasteiger partial charge in [0.15, 0.2) is 0 Å². The SMILES string of the molecule is CCCC(NC(=O)c1ccc(C)cc1NN)c1cccs1. The van der Waals surface area contributed by atoms with Crippen LogP contribution in [0.1, 0.15) is 46.6 Å². The van der Waals surface area contributed by atoms with Gasteiger partial charge in [-0.15, -0.1) is 11.3 Å². The Morgan fingerprint density at radius 2 is 2.19 bits per heavy atom. The fourth-order valence-corrected chi connectivity index (χ4v) is 3.09. The molecule has 4 nitrogen and oxygen atoms in total. The van der Waals surface area contributed by atoms with Gasteiger partial charge in [-0.2, -0.15) is 0 Å². The van der Waals surface area contributed by atoms with E-state index in [0.717, 1.165) is 18.4 Å². The van der Waals surface area contributed by atoms with E-state index in [1.54, 1.807) is 17.4 Å². The van der Waals surface area contributed by atoms with Crippen molar-refractivity contribution in [3.05, 3.63) is 51.7 Å². The van der Waals surface area contributed by atoms with Crippen LogP contribution in [0.2, 0.25) is 0 Å². The first kappa shape index (κ1) is 15.5. The second-order valence-corrected chi connectivity index (χ2v) is 6.00.